The molecule has 3 rings (SSSR count). The van der Waals surface area contributed by atoms with E-state index >= 15 is 0 Å². The Kier molecular flexibility index (Phi) is 9.05. The second kappa shape index (κ2) is 12.0. The second-order valence-electron chi connectivity index (χ2n) is 9.15. The molecule has 1 amide bonds. The standard InChI is InChI=1S/C27H35FN4O2/c1-4-23(21-14-20(15-31-16-21)18-10-12-22(28)13-11-18)24(29)26(33)25(19-8-6-5-7-9-19)32-27(34)17(2)30-3/h10-17,19,23,25,29-30H,4-9H2,1-3H3,(H,32,34). The molecule has 1 saturated carbocycles. The Balaban J connectivity index is 1.86. The van der Waals surface area contributed by atoms with Crippen LogP contribution in [-0.2, 0) is 9.59 Å². The fourth-order valence-electron chi connectivity index (χ4n) is 4.67. The quantitative estimate of drug-likeness (QED) is 0.445. The summed E-state index contributed by atoms with van der Waals surface area (Å²) in [5, 5.41) is 14.7. The normalized spacial score (nSPS) is 16.9. The Morgan fingerprint density at radius 1 is 1.12 bits per heavy atom. The lowest BCUT2D eigenvalue weighted by Gasteiger charge is -2.32. The Morgan fingerprint density at radius 2 is 1.79 bits per heavy atom. The van der Waals surface area contributed by atoms with Gasteiger partial charge in [0.2, 0.25) is 5.91 Å². The van der Waals surface area contributed by atoms with Crippen LogP contribution in [0.15, 0.2) is 42.7 Å². The largest absolute Gasteiger partial charge is 0.344 e. The van der Waals surface area contributed by atoms with E-state index < -0.39 is 18.0 Å². The van der Waals surface area contributed by atoms with Gasteiger partial charge in [-0.05, 0) is 68.5 Å². The number of nitrogens with one attached hydrogen (secondary N) is 3. The number of amides is 1. The van der Waals surface area contributed by atoms with E-state index in [9.17, 15) is 14.0 Å². The van der Waals surface area contributed by atoms with Crippen LogP contribution in [0.25, 0.3) is 11.1 Å². The first-order valence-corrected chi connectivity index (χ1v) is 12.2. The Bertz CT molecular complexity index is 1000. The molecule has 34 heavy (non-hydrogen) atoms. The van der Waals surface area contributed by atoms with Crippen LogP contribution in [0.1, 0.15) is 63.9 Å². The molecule has 182 valence electrons. The summed E-state index contributed by atoms with van der Waals surface area (Å²) in [7, 11) is 1.71. The maximum absolute atomic E-state index is 13.6. The summed E-state index contributed by atoms with van der Waals surface area (Å²) in [6, 6.07) is 6.96. The predicted molar refractivity (Wildman–Crippen MR) is 132 cm³/mol. The van der Waals surface area contributed by atoms with Gasteiger partial charge in [-0.25, -0.2) is 4.39 Å². The molecule has 2 aromatic rings. The molecule has 0 aliphatic heterocycles. The number of nitrogens with zero attached hydrogens (tertiary/aromatic N) is 1. The lowest BCUT2D eigenvalue weighted by molar-refractivity contribution is -0.127. The molecule has 1 aliphatic carbocycles. The molecule has 7 heteroatoms. The van der Waals surface area contributed by atoms with Gasteiger partial charge in [-0.2, -0.15) is 0 Å². The van der Waals surface area contributed by atoms with Crippen LogP contribution in [0.2, 0.25) is 0 Å². The van der Waals surface area contributed by atoms with Crippen LogP contribution in [0, 0.1) is 17.1 Å². The van der Waals surface area contributed by atoms with Gasteiger partial charge < -0.3 is 16.0 Å². The summed E-state index contributed by atoms with van der Waals surface area (Å²) in [5.41, 5.74) is 2.38. The van der Waals surface area contributed by atoms with Crippen molar-refractivity contribution in [3.05, 3.63) is 54.1 Å². The highest BCUT2D eigenvalue weighted by molar-refractivity contribution is 6.42. The SMILES string of the molecule is CCC(C(=N)C(=O)C(NC(=O)C(C)NC)C1CCCCC1)c1cncc(-c2ccc(F)cc2)c1. The number of rotatable bonds is 10. The lowest BCUT2D eigenvalue weighted by Crippen LogP contribution is -2.53. The third kappa shape index (κ3) is 6.14. The van der Waals surface area contributed by atoms with Crippen molar-refractivity contribution in [3.8, 4) is 11.1 Å². The number of hydrogen-bond donors (Lipinski definition) is 3. The summed E-state index contributed by atoms with van der Waals surface area (Å²) in [5.74, 6) is -1.26. The molecule has 1 aromatic carbocycles. The number of benzene rings is 1. The number of ketones is 1. The summed E-state index contributed by atoms with van der Waals surface area (Å²) in [4.78, 5) is 30.6. The smallest absolute Gasteiger partial charge is 0.237 e. The molecule has 3 atom stereocenters. The Labute approximate surface area is 201 Å². The fraction of sp³-hybridized carbons (Fsp3) is 0.481. The first kappa shape index (κ1) is 25.7. The van der Waals surface area contributed by atoms with Crippen molar-refractivity contribution in [2.24, 2.45) is 5.92 Å². The van der Waals surface area contributed by atoms with E-state index in [-0.39, 0.29) is 29.1 Å². The number of aromatic nitrogens is 1. The number of halogens is 1. The number of likely N-dealkylation sites (N-methyl/N-ethyl adjacent to an activating group) is 1. The monoisotopic (exact) mass is 466 g/mol. The summed E-state index contributed by atoms with van der Waals surface area (Å²) in [6.07, 6.45) is 8.86. The summed E-state index contributed by atoms with van der Waals surface area (Å²) in [6.45, 7) is 3.69. The van der Waals surface area contributed by atoms with E-state index in [1.54, 1.807) is 38.5 Å². The fourth-order valence-corrected chi connectivity index (χ4v) is 4.67. The van der Waals surface area contributed by atoms with Crippen molar-refractivity contribution in [1.29, 1.82) is 5.41 Å². The summed E-state index contributed by atoms with van der Waals surface area (Å²) >= 11 is 0. The highest BCUT2D eigenvalue weighted by atomic mass is 19.1. The van der Waals surface area contributed by atoms with Crippen molar-refractivity contribution in [2.75, 3.05) is 7.05 Å². The van der Waals surface area contributed by atoms with Crippen molar-refractivity contribution in [2.45, 2.75) is 70.4 Å². The van der Waals surface area contributed by atoms with Gasteiger partial charge in [-0.1, -0.05) is 38.3 Å². The molecule has 0 bridgehead atoms. The van der Waals surface area contributed by atoms with Crippen LogP contribution in [0.5, 0.6) is 0 Å². The van der Waals surface area contributed by atoms with Crippen LogP contribution in [0.4, 0.5) is 4.39 Å². The van der Waals surface area contributed by atoms with Gasteiger partial charge in [0.15, 0.2) is 5.78 Å². The van der Waals surface area contributed by atoms with Crippen LogP contribution in [-0.4, -0.2) is 41.5 Å². The molecular weight excluding hydrogens is 431 g/mol. The molecule has 0 radical (unpaired) electrons. The first-order chi connectivity index (χ1) is 16.3. The number of hydrogen-bond acceptors (Lipinski definition) is 5. The maximum atomic E-state index is 13.6. The van der Waals surface area contributed by atoms with Crippen LogP contribution in [0.3, 0.4) is 0 Å². The predicted octanol–water partition coefficient (Wildman–Crippen LogP) is 4.64. The third-order valence-electron chi connectivity index (χ3n) is 6.89. The molecule has 1 aliphatic rings. The zero-order chi connectivity index (χ0) is 24.7. The van der Waals surface area contributed by atoms with Gasteiger partial charge in [-0.3, -0.25) is 14.6 Å². The highest BCUT2D eigenvalue weighted by Gasteiger charge is 2.36. The minimum absolute atomic E-state index is 0.00598. The Morgan fingerprint density at radius 3 is 2.41 bits per heavy atom. The molecule has 1 fully saturated rings. The van der Waals surface area contributed by atoms with Gasteiger partial charge in [0.05, 0.1) is 17.8 Å². The van der Waals surface area contributed by atoms with Gasteiger partial charge >= 0.3 is 0 Å². The number of Topliss-reactive ketones (excluding diaryl/α,β-unsaturated/α-hetero) is 1. The van der Waals surface area contributed by atoms with Gasteiger partial charge in [-0.15, -0.1) is 0 Å². The molecule has 3 N–H and O–H groups in total. The average molecular weight is 467 g/mol. The van der Waals surface area contributed by atoms with E-state index in [4.69, 9.17) is 5.41 Å². The van der Waals surface area contributed by atoms with E-state index in [1.165, 1.54) is 12.1 Å². The Hall–Kier alpha value is -2.93. The van der Waals surface area contributed by atoms with Crippen molar-refractivity contribution in [1.82, 2.24) is 15.6 Å². The van der Waals surface area contributed by atoms with Gasteiger partial charge in [0.1, 0.15) is 5.82 Å². The van der Waals surface area contributed by atoms with Crippen molar-refractivity contribution in [3.63, 3.8) is 0 Å². The molecule has 0 saturated heterocycles. The van der Waals surface area contributed by atoms with E-state index in [2.05, 4.69) is 15.6 Å². The van der Waals surface area contributed by atoms with Gasteiger partial charge in [0.25, 0.3) is 0 Å². The number of carbonyl (C=O) groups is 2. The first-order valence-electron chi connectivity index (χ1n) is 12.2. The molecule has 3 unspecified atom stereocenters. The molecule has 6 nitrogen and oxygen atoms in total. The molecule has 1 aromatic heterocycles. The van der Waals surface area contributed by atoms with Crippen LogP contribution < -0.4 is 10.6 Å². The zero-order valence-corrected chi connectivity index (χ0v) is 20.2. The minimum atomic E-state index is -0.696. The van der Waals surface area contributed by atoms with Crippen molar-refractivity contribution < 1.29 is 14.0 Å². The molecular formula is C27H35FN4O2. The highest BCUT2D eigenvalue weighted by Crippen LogP contribution is 2.30. The third-order valence-corrected chi connectivity index (χ3v) is 6.89. The number of carbonyl (C=O) groups excluding carboxylic acids is 2. The van der Waals surface area contributed by atoms with Gasteiger partial charge in [0, 0.05) is 23.9 Å². The topological polar surface area (TPSA) is 94.9 Å². The average Bonchev–Trinajstić information content (AvgIpc) is 2.87. The van der Waals surface area contributed by atoms with E-state index in [0.29, 0.717) is 6.42 Å². The number of pyridine rings is 1. The molecule has 0 spiro atoms. The van der Waals surface area contributed by atoms with E-state index in [0.717, 1.165) is 48.8 Å². The maximum Gasteiger partial charge on any atom is 0.237 e. The zero-order valence-electron chi connectivity index (χ0n) is 20.2. The minimum Gasteiger partial charge on any atom is -0.344 e. The summed E-state index contributed by atoms with van der Waals surface area (Å²) < 4.78 is 13.3. The van der Waals surface area contributed by atoms with Crippen molar-refractivity contribution >= 4 is 17.4 Å². The second-order valence-corrected chi connectivity index (χ2v) is 9.15. The molecule has 1 heterocycles. The lowest BCUT2D eigenvalue weighted by atomic mass is 9.78. The van der Waals surface area contributed by atoms with E-state index in [1.807, 2.05) is 13.0 Å². The van der Waals surface area contributed by atoms with Crippen LogP contribution >= 0.6 is 0 Å².